The van der Waals surface area contributed by atoms with Gasteiger partial charge < -0.3 is 11.2 Å². The van der Waals surface area contributed by atoms with E-state index in [1.807, 2.05) is 31.2 Å². The summed E-state index contributed by atoms with van der Waals surface area (Å²) in [5, 5.41) is 10.6. The lowest BCUT2D eigenvalue weighted by molar-refractivity contribution is -0.115. The van der Waals surface area contributed by atoms with Crippen molar-refractivity contribution in [1.82, 2.24) is 14.9 Å². The Balaban J connectivity index is 2.00. The van der Waals surface area contributed by atoms with E-state index in [9.17, 15) is 4.79 Å². The average Bonchev–Trinajstić information content (AvgIpc) is 2.78. The van der Waals surface area contributed by atoms with Gasteiger partial charge in [0.15, 0.2) is 0 Å². The summed E-state index contributed by atoms with van der Waals surface area (Å²) in [6.45, 7) is 3.75. The molecular formula is C12H15N5OS. The van der Waals surface area contributed by atoms with Gasteiger partial charge in [0.2, 0.25) is 11.1 Å². The highest BCUT2D eigenvalue weighted by Gasteiger charge is 2.17. The van der Waals surface area contributed by atoms with Crippen LogP contribution in [0.25, 0.3) is 0 Å². The fourth-order valence-corrected chi connectivity index (χ4v) is 2.22. The van der Waals surface area contributed by atoms with Gasteiger partial charge in [0.1, 0.15) is 6.33 Å². The van der Waals surface area contributed by atoms with Crippen LogP contribution in [0.2, 0.25) is 0 Å². The van der Waals surface area contributed by atoms with Crippen molar-refractivity contribution in [2.75, 3.05) is 11.2 Å². The van der Waals surface area contributed by atoms with E-state index in [1.54, 1.807) is 6.92 Å². The smallest absolute Gasteiger partial charge is 0.237 e. The predicted octanol–water partition coefficient (Wildman–Crippen LogP) is 1.42. The third-order valence-corrected chi connectivity index (χ3v) is 3.67. The highest BCUT2D eigenvalue weighted by Crippen LogP contribution is 2.21. The molecule has 1 heterocycles. The molecule has 2 rings (SSSR count). The van der Waals surface area contributed by atoms with Crippen LogP contribution in [0, 0.1) is 6.92 Å². The fraction of sp³-hybridized carbons (Fsp3) is 0.250. The number of nitrogen functional groups attached to an aromatic ring is 1. The number of anilines is 1. The van der Waals surface area contributed by atoms with Gasteiger partial charge in [-0.3, -0.25) is 4.79 Å². The lowest BCUT2D eigenvalue weighted by Gasteiger charge is -2.12. The average molecular weight is 277 g/mol. The van der Waals surface area contributed by atoms with E-state index in [0.717, 1.165) is 11.3 Å². The van der Waals surface area contributed by atoms with Crippen LogP contribution in [-0.4, -0.2) is 26.0 Å². The number of nitrogens with two attached hydrogens (primary N) is 1. The number of carbonyl (C=O) groups excluding carboxylic acids is 1. The lowest BCUT2D eigenvalue weighted by Crippen LogP contribution is -2.23. The minimum Gasteiger partial charge on any atom is -0.336 e. The number of nitrogens with zero attached hydrogens (tertiary/aromatic N) is 3. The summed E-state index contributed by atoms with van der Waals surface area (Å²) < 4.78 is 1.29. The first-order valence-corrected chi connectivity index (χ1v) is 6.64. The number of para-hydroxylation sites is 1. The molecule has 1 amide bonds. The van der Waals surface area contributed by atoms with Crippen LogP contribution >= 0.6 is 11.8 Å². The number of rotatable bonds is 4. The Morgan fingerprint density at radius 1 is 1.47 bits per heavy atom. The van der Waals surface area contributed by atoms with Gasteiger partial charge in [-0.25, -0.2) is 4.68 Å². The second-order valence-corrected chi connectivity index (χ2v) is 5.39. The SMILES string of the molecule is Cc1ccccc1NC(=O)C(C)Sc1nncn1N. The van der Waals surface area contributed by atoms with Crippen molar-refractivity contribution in [3.63, 3.8) is 0 Å². The third-order valence-electron chi connectivity index (χ3n) is 2.59. The van der Waals surface area contributed by atoms with E-state index in [-0.39, 0.29) is 11.2 Å². The largest absolute Gasteiger partial charge is 0.336 e. The molecule has 19 heavy (non-hydrogen) atoms. The Morgan fingerprint density at radius 2 is 2.21 bits per heavy atom. The van der Waals surface area contributed by atoms with Crippen molar-refractivity contribution in [3.8, 4) is 0 Å². The number of aryl methyl sites for hydroxylation is 1. The van der Waals surface area contributed by atoms with Crippen LogP contribution in [0.4, 0.5) is 5.69 Å². The Hall–Kier alpha value is -2.02. The maximum absolute atomic E-state index is 12.1. The van der Waals surface area contributed by atoms with Crippen LogP contribution in [-0.2, 0) is 4.79 Å². The Kier molecular flexibility index (Phi) is 4.06. The summed E-state index contributed by atoms with van der Waals surface area (Å²) in [4.78, 5) is 12.1. The molecule has 0 saturated carbocycles. The molecule has 6 nitrogen and oxygen atoms in total. The molecule has 0 radical (unpaired) electrons. The minimum absolute atomic E-state index is 0.0951. The number of hydrogen-bond donors (Lipinski definition) is 2. The molecule has 1 unspecified atom stereocenters. The van der Waals surface area contributed by atoms with Crippen molar-refractivity contribution < 1.29 is 4.79 Å². The summed E-state index contributed by atoms with van der Waals surface area (Å²) in [5.74, 6) is 5.51. The molecule has 3 N–H and O–H groups in total. The molecule has 1 atom stereocenters. The van der Waals surface area contributed by atoms with Crippen molar-refractivity contribution in [1.29, 1.82) is 0 Å². The zero-order valence-corrected chi connectivity index (χ0v) is 11.5. The van der Waals surface area contributed by atoms with Gasteiger partial charge in [-0.1, -0.05) is 30.0 Å². The summed E-state index contributed by atoms with van der Waals surface area (Å²) in [5.41, 5.74) is 1.84. The number of nitrogens with one attached hydrogen (secondary N) is 1. The van der Waals surface area contributed by atoms with Gasteiger partial charge in [0.25, 0.3) is 0 Å². The van der Waals surface area contributed by atoms with Gasteiger partial charge in [0, 0.05) is 5.69 Å². The molecule has 0 aliphatic heterocycles. The first-order valence-electron chi connectivity index (χ1n) is 5.76. The molecule has 0 saturated heterocycles. The molecule has 7 heteroatoms. The van der Waals surface area contributed by atoms with E-state index < -0.39 is 0 Å². The van der Waals surface area contributed by atoms with E-state index in [0.29, 0.717) is 5.16 Å². The summed E-state index contributed by atoms with van der Waals surface area (Å²) in [7, 11) is 0. The monoisotopic (exact) mass is 277 g/mol. The van der Waals surface area contributed by atoms with Crippen LogP contribution in [0.5, 0.6) is 0 Å². The van der Waals surface area contributed by atoms with Crippen LogP contribution in [0.1, 0.15) is 12.5 Å². The molecule has 0 spiro atoms. The van der Waals surface area contributed by atoms with Crippen LogP contribution < -0.4 is 11.2 Å². The maximum Gasteiger partial charge on any atom is 0.237 e. The molecule has 1 aromatic heterocycles. The molecule has 0 fully saturated rings. The number of benzene rings is 1. The first-order chi connectivity index (χ1) is 9.08. The number of hydrogen-bond acceptors (Lipinski definition) is 5. The Bertz CT molecular complexity index is 583. The van der Waals surface area contributed by atoms with Crippen molar-refractivity contribution >= 4 is 23.4 Å². The summed E-state index contributed by atoms with van der Waals surface area (Å²) >= 11 is 1.26. The zero-order valence-electron chi connectivity index (χ0n) is 10.7. The zero-order chi connectivity index (χ0) is 13.8. The quantitative estimate of drug-likeness (QED) is 0.652. The van der Waals surface area contributed by atoms with Gasteiger partial charge in [-0.2, -0.15) is 0 Å². The number of aromatic nitrogens is 3. The van der Waals surface area contributed by atoms with Gasteiger partial charge in [-0.15, -0.1) is 10.2 Å². The van der Waals surface area contributed by atoms with Crippen molar-refractivity contribution in [2.45, 2.75) is 24.3 Å². The summed E-state index contributed by atoms with van der Waals surface area (Å²) in [6.07, 6.45) is 1.40. The van der Waals surface area contributed by atoms with Crippen LogP contribution in [0.15, 0.2) is 35.7 Å². The van der Waals surface area contributed by atoms with Crippen LogP contribution in [0.3, 0.4) is 0 Å². The molecule has 2 aromatic rings. The maximum atomic E-state index is 12.1. The van der Waals surface area contributed by atoms with Gasteiger partial charge in [0.05, 0.1) is 5.25 Å². The lowest BCUT2D eigenvalue weighted by atomic mass is 10.2. The Labute approximate surface area is 115 Å². The van der Waals surface area contributed by atoms with Crippen molar-refractivity contribution in [3.05, 3.63) is 36.2 Å². The van der Waals surface area contributed by atoms with Gasteiger partial charge in [-0.05, 0) is 25.5 Å². The van der Waals surface area contributed by atoms with E-state index in [4.69, 9.17) is 5.84 Å². The topological polar surface area (TPSA) is 85.8 Å². The predicted molar refractivity (Wildman–Crippen MR) is 75.3 cm³/mol. The third kappa shape index (κ3) is 3.25. The second-order valence-electron chi connectivity index (χ2n) is 4.09. The number of thioether (sulfide) groups is 1. The molecule has 0 aliphatic carbocycles. The van der Waals surface area contributed by atoms with Gasteiger partial charge >= 0.3 is 0 Å². The molecule has 100 valence electrons. The first kappa shape index (κ1) is 13.4. The highest BCUT2D eigenvalue weighted by atomic mass is 32.2. The number of carbonyl (C=O) groups is 1. The normalized spacial score (nSPS) is 12.1. The second kappa shape index (κ2) is 5.75. The fourth-order valence-electron chi connectivity index (χ4n) is 1.48. The number of amides is 1. The Morgan fingerprint density at radius 3 is 2.84 bits per heavy atom. The van der Waals surface area contributed by atoms with E-state index in [2.05, 4.69) is 15.5 Å². The summed E-state index contributed by atoms with van der Waals surface area (Å²) in [6, 6.07) is 7.64. The highest BCUT2D eigenvalue weighted by molar-refractivity contribution is 8.00. The van der Waals surface area contributed by atoms with E-state index >= 15 is 0 Å². The molecule has 1 aromatic carbocycles. The molecule has 0 bridgehead atoms. The standard InChI is InChI=1S/C12H15N5OS/c1-8-5-3-4-6-10(8)15-11(18)9(2)19-12-16-14-7-17(12)13/h3-7,9H,13H2,1-2H3,(H,15,18). The van der Waals surface area contributed by atoms with Crippen molar-refractivity contribution in [2.24, 2.45) is 0 Å². The minimum atomic E-state index is -0.314. The molecule has 0 aliphatic rings. The molecular weight excluding hydrogens is 262 g/mol. The van der Waals surface area contributed by atoms with E-state index in [1.165, 1.54) is 22.8 Å².